The van der Waals surface area contributed by atoms with Crippen LogP contribution >= 0.6 is 0 Å². The molecule has 2 aliphatic carbocycles. The third-order valence-electron chi connectivity index (χ3n) is 4.09. The van der Waals surface area contributed by atoms with Crippen LogP contribution in [0.4, 0.5) is 0 Å². The Kier molecular flexibility index (Phi) is 2.09. The molecule has 1 aromatic rings. The fraction of sp³-hybridized carbons (Fsp3) is 0.615. The number of aromatic nitrogens is 1. The van der Waals surface area contributed by atoms with Gasteiger partial charge in [-0.3, -0.25) is 0 Å². The highest BCUT2D eigenvalue weighted by molar-refractivity contribution is 5.88. The van der Waals surface area contributed by atoms with Gasteiger partial charge in [-0.1, -0.05) is 13.3 Å². The molecule has 0 bridgehead atoms. The molecule has 3 atom stereocenters. The number of aromatic amines is 1. The maximum absolute atomic E-state index is 11.4. The number of rotatable bonds is 3. The zero-order valence-corrected chi connectivity index (χ0v) is 9.75. The molecule has 0 radical (unpaired) electrons. The third kappa shape index (κ3) is 1.24. The van der Waals surface area contributed by atoms with E-state index in [0.29, 0.717) is 5.69 Å². The van der Waals surface area contributed by atoms with Crippen LogP contribution in [0.2, 0.25) is 0 Å². The van der Waals surface area contributed by atoms with Gasteiger partial charge in [0.2, 0.25) is 0 Å². The van der Waals surface area contributed by atoms with Gasteiger partial charge < -0.3 is 9.72 Å². The number of hydrogen-bond acceptors (Lipinski definition) is 2. The predicted octanol–water partition coefficient (Wildman–Crippen LogP) is 2.49. The first-order valence-electron chi connectivity index (χ1n) is 6.06. The second kappa shape index (κ2) is 3.37. The summed E-state index contributed by atoms with van der Waals surface area (Å²) in [4.78, 5) is 14.6. The molecule has 0 aliphatic heterocycles. The van der Waals surface area contributed by atoms with Crippen molar-refractivity contribution in [3.63, 3.8) is 0 Å². The lowest BCUT2D eigenvalue weighted by Gasteiger charge is -2.00. The highest BCUT2D eigenvalue weighted by atomic mass is 16.5. The number of H-pyrrole nitrogens is 1. The summed E-state index contributed by atoms with van der Waals surface area (Å²) in [6, 6.07) is 2.00. The summed E-state index contributed by atoms with van der Waals surface area (Å²) < 4.78 is 4.73. The predicted molar refractivity (Wildman–Crippen MR) is 60.5 cm³/mol. The molecule has 3 rings (SSSR count). The van der Waals surface area contributed by atoms with E-state index in [1.54, 1.807) is 0 Å². The van der Waals surface area contributed by atoms with Gasteiger partial charge in [0.05, 0.1) is 7.11 Å². The topological polar surface area (TPSA) is 42.1 Å². The quantitative estimate of drug-likeness (QED) is 0.793. The molecule has 86 valence electrons. The van der Waals surface area contributed by atoms with Gasteiger partial charge in [0.15, 0.2) is 0 Å². The van der Waals surface area contributed by atoms with Gasteiger partial charge in [0, 0.05) is 5.69 Å². The van der Waals surface area contributed by atoms with Crippen LogP contribution < -0.4 is 0 Å². The average Bonchev–Trinajstić information content (AvgIpc) is 2.65. The molecule has 3 unspecified atom stereocenters. The number of fused-ring (bicyclic) bond motifs is 3. The SMILES string of the molecule is CCCC1C2Cc3[nH]c(C(=O)OC)cc3C12. The number of carbonyl (C=O) groups is 1. The lowest BCUT2D eigenvalue weighted by Crippen LogP contribution is -2.01. The molecule has 1 aromatic heterocycles. The van der Waals surface area contributed by atoms with Crippen LogP contribution in [0.15, 0.2) is 6.07 Å². The molecular weight excluding hydrogens is 202 g/mol. The minimum Gasteiger partial charge on any atom is -0.464 e. The first-order valence-corrected chi connectivity index (χ1v) is 6.06. The average molecular weight is 219 g/mol. The number of ether oxygens (including phenoxy) is 1. The zero-order chi connectivity index (χ0) is 11.3. The first-order chi connectivity index (χ1) is 7.76. The lowest BCUT2D eigenvalue weighted by molar-refractivity contribution is 0.0594. The van der Waals surface area contributed by atoms with E-state index in [-0.39, 0.29) is 5.97 Å². The summed E-state index contributed by atoms with van der Waals surface area (Å²) in [6.45, 7) is 2.24. The van der Waals surface area contributed by atoms with Crippen molar-refractivity contribution in [1.29, 1.82) is 0 Å². The fourth-order valence-corrected chi connectivity index (χ4v) is 3.35. The minimum atomic E-state index is -0.251. The van der Waals surface area contributed by atoms with Crippen molar-refractivity contribution < 1.29 is 9.53 Å². The summed E-state index contributed by atoms with van der Waals surface area (Å²) in [7, 11) is 1.42. The molecule has 0 saturated heterocycles. The van der Waals surface area contributed by atoms with E-state index >= 15 is 0 Å². The van der Waals surface area contributed by atoms with Crippen molar-refractivity contribution in [2.75, 3.05) is 7.11 Å². The normalized spacial score (nSPS) is 29.8. The van der Waals surface area contributed by atoms with E-state index in [2.05, 4.69) is 11.9 Å². The monoisotopic (exact) mass is 219 g/mol. The van der Waals surface area contributed by atoms with E-state index in [9.17, 15) is 4.79 Å². The Morgan fingerprint density at radius 1 is 1.62 bits per heavy atom. The number of methoxy groups -OCH3 is 1. The van der Waals surface area contributed by atoms with Gasteiger partial charge in [0.25, 0.3) is 0 Å². The molecule has 2 aliphatic rings. The molecule has 0 spiro atoms. The Labute approximate surface area is 95.2 Å². The smallest absolute Gasteiger partial charge is 0.354 e. The Balaban J connectivity index is 1.82. The van der Waals surface area contributed by atoms with Gasteiger partial charge >= 0.3 is 5.97 Å². The van der Waals surface area contributed by atoms with Crippen molar-refractivity contribution in [2.24, 2.45) is 11.8 Å². The van der Waals surface area contributed by atoms with Crippen molar-refractivity contribution in [3.05, 3.63) is 23.0 Å². The summed E-state index contributed by atoms with van der Waals surface area (Å²) in [5, 5.41) is 0. The van der Waals surface area contributed by atoms with Gasteiger partial charge in [0.1, 0.15) is 5.69 Å². The van der Waals surface area contributed by atoms with Gasteiger partial charge in [-0.2, -0.15) is 0 Å². The van der Waals surface area contributed by atoms with Crippen LogP contribution in [0.25, 0.3) is 0 Å². The fourth-order valence-electron chi connectivity index (χ4n) is 3.35. The van der Waals surface area contributed by atoms with Gasteiger partial charge in [-0.25, -0.2) is 4.79 Å². The van der Waals surface area contributed by atoms with Crippen LogP contribution in [0, 0.1) is 11.8 Å². The second-order valence-corrected chi connectivity index (χ2v) is 4.95. The van der Waals surface area contributed by atoms with Crippen LogP contribution in [-0.2, 0) is 11.2 Å². The van der Waals surface area contributed by atoms with Crippen LogP contribution in [0.3, 0.4) is 0 Å². The molecule has 1 saturated carbocycles. The molecule has 0 amide bonds. The molecule has 0 aromatic carbocycles. The van der Waals surface area contributed by atoms with E-state index in [4.69, 9.17) is 4.74 Å². The largest absolute Gasteiger partial charge is 0.464 e. The summed E-state index contributed by atoms with van der Waals surface area (Å²) in [6.07, 6.45) is 3.72. The Hall–Kier alpha value is -1.25. The van der Waals surface area contributed by atoms with Crippen molar-refractivity contribution >= 4 is 5.97 Å². The Morgan fingerprint density at radius 2 is 2.44 bits per heavy atom. The molecule has 16 heavy (non-hydrogen) atoms. The highest BCUT2D eigenvalue weighted by Crippen LogP contribution is 2.63. The summed E-state index contributed by atoms with van der Waals surface area (Å²) in [5.41, 5.74) is 3.26. The Morgan fingerprint density at radius 3 is 3.12 bits per heavy atom. The number of esters is 1. The van der Waals surface area contributed by atoms with E-state index in [1.165, 1.54) is 31.2 Å². The maximum atomic E-state index is 11.4. The third-order valence-corrected chi connectivity index (χ3v) is 4.09. The number of hydrogen-bond donors (Lipinski definition) is 1. The summed E-state index contributed by atoms with van der Waals surface area (Å²) in [5.74, 6) is 2.20. The van der Waals surface area contributed by atoms with E-state index in [1.807, 2.05) is 6.07 Å². The summed E-state index contributed by atoms with van der Waals surface area (Å²) >= 11 is 0. The van der Waals surface area contributed by atoms with Crippen molar-refractivity contribution in [3.8, 4) is 0 Å². The molecular formula is C13H17NO2. The van der Waals surface area contributed by atoms with Gasteiger partial charge in [-0.05, 0) is 42.2 Å². The molecule has 1 N–H and O–H groups in total. The van der Waals surface area contributed by atoms with Crippen molar-refractivity contribution in [2.45, 2.75) is 32.1 Å². The maximum Gasteiger partial charge on any atom is 0.354 e. The standard InChI is InChI=1S/C13H17NO2/c1-3-4-7-8-5-10-9(12(7)8)6-11(14-10)13(15)16-2/h6-8,12,14H,3-5H2,1-2H3. The molecule has 3 heteroatoms. The first kappa shape index (κ1) is 9.94. The molecule has 3 nitrogen and oxygen atoms in total. The van der Waals surface area contributed by atoms with E-state index in [0.717, 1.165) is 24.2 Å². The van der Waals surface area contributed by atoms with Crippen LogP contribution in [0.5, 0.6) is 0 Å². The lowest BCUT2D eigenvalue weighted by atomic mass is 10.1. The van der Waals surface area contributed by atoms with Crippen molar-refractivity contribution in [1.82, 2.24) is 4.98 Å². The zero-order valence-electron chi connectivity index (χ0n) is 9.75. The van der Waals surface area contributed by atoms with Crippen LogP contribution in [-0.4, -0.2) is 18.1 Å². The second-order valence-electron chi connectivity index (χ2n) is 4.95. The highest BCUT2D eigenvalue weighted by Gasteiger charge is 2.55. The van der Waals surface area contributed by atoms with Crippen LogP contribution in [0.1, 0.15) is 47.4 Å². The number of carbonyl (C=O) groups excluding carboxylic acids is 1. The molecule has 1 fully saturated rings. The Bertz CT molecular complexity index is 435. The van der Waals surface area contributed by atoms with E-state index < -0.39 is 0 Å². The molecule has 1 heterocycles. The number of nitrogens with one attached hydrogen (secondary N) is 1. The van der Waals surface area contributed by atoms with Gasteiger partial charge in [-0.15, -0.1) is 0 Å². The minimum absolute atomic E-state index is 0.251.